The number of carboxylic acid groups (broad SMARTS) is 1. The van der Waals surface area contributed by atoms with E-state index in [9.17, 15) is 27.6 Å². The molecule has 3 amide bonds. The van der Waals surface area contributed by atoms with Gasteiger partial charge in [-0.1, -0.05) is 30.7 Å². The van der Waals surface area contributed by atoms with Crippen LogP contribution in [0, 0.1) is 5.92 Å². The van der Waals surface area contributed by atoms with Crippen molar-refractivity contribution in [2.24, 2.45) is 5.92 Å². The minimum Gasteiger partial charge on any atom is -0.475 e. The summed E-state index contributed by atoms with van der Waals surface area (Å²) in [6.45, 7) is 3.84. The predicted molar refractivity (Wildman–Crippen MR) is 131 cm³/mol. The Kier molecular flexibility index (Phi) is 10.9. The molecular formula is C25H27ClF3N3O5. The summed E-state index contributed by atoms with van der Waals surface area (Å²) in [5.74, 6) is -3.06. The maximum atomic E-state index is 12.8. The van der Waals surface area contributed by atoms with Crippen LogP contribution in [0.5, 0.6) is 0 Å². The maximum Gasteiger partial charge on any atom is 0.490 e. The summed E-state index contributed by atoms with van der Waals surface area (Å²) >= 11 is 6.06. The van der Waals surface area contributed by atoms with E-state index in [0.717, 1.165) is 6.42 Å². The number of halogens is 4. The third-order valence-electron chi connectivity index (χ3n) is 5.45. The second-order valence-electron chi connectivity index (χ2n) is 8.17. The summed E-state index contributed by atoms with van der Waals surface area (Å²) in [6.07, 6.45) is -2.82. The van der Waals surface area contributed by atoms with Gasteiger partial charge in [0.15, 0.2) is 0 Å². The van der Waals surface area contributed by atoms with Crippen LogP contribution in [0.2, 0.25) is 5.02 Å². The average Bonchev–Trinajstić information content (AvgIpc) is 2.87. The number of alkyl halides is 3. The van der Waals surface area contributed by atoms with E-state index < -0.39 is 12.1 Å². The fraction of sp³-hybridized carbons (Fsp3) is 0.360. The molecule has 1 heterocycles. The van der Waals surface area contributed by atoms with E-state index in [1.54, 1.807) is 53.4 Å². The number of nitrogens with zero attached hydrogens (tertiary/aromatic N) is 1. The van der Waals surface area contributed by atoms with Crippen LogP contribution in [0.4, 0.5) is 18.9 Å². The van der Waals surface area contributed by atoms with Gasteiger partial charge >= 0.3 is 12.1 Å². The van der Waals surface area contributed by atoms with Gasteiger partial charge in [-0.05, 0) is 55.7 Å². The zero-order valence-corrected chi connectivity index (χ0v) is 20.7. The largest absolute Gasteiger partial charge is 0.490 e. The standard InChI is InChI=1S/C23H26ClN3O3.C2HF3O2/c1-2-13-25-21(28)16-11-14-27(15-12-16)23(30)17-7-9-18(10-8-17)26-22(29)19-5-3-4-6-20(19)24;3-2(4,5)1(6)7/h3-10,16H,2,11-15H2,1H3,(H,25,28)(H,26,29);(H,6,7). The smallest absolute Gasteiger partial charge is 0.475 e. The first-order valence-corrected chi connectivity index (χ1v) is 11.8. The number of rotatable bonds is 6. The number of likely N-dealkylation sites (tertiary alicyclic amines) is 1. The molecule has 0 bridgehead atoms. The van der Waals surface area contributed by atoms with Crippen molar-refractivity contribution in [3.05, 3.63) is 64.7 Å². The van der Waals surface area contributed by atoms with Crippen molar-refractivity contribution in [2.75, 3.05) is 25.0 Å². The highest BCUT2D eigenvalue weighted by atomic mass is 35.5. The van der Waals surface area contributed by atoms with Crippen molar-refractivity contribution < 1.29 is 37.5 Å². The number of amides is 3. The van der Waals surface area contributed by atoms with Crippen LogP contribution in [-0.4, -0.2) is 59.5 Å². The van der Waals surface area contributed by atoms with E-state index in [4.69, 9.17) is 21.5 Å². The molecule has 1 fully saturated rings. The lowest BCUT2D eigenvalue weighted by Gasteiger charge is -2.31. The van der Waals surface area contributed by atoms with Gasteiger partial charge in [0.1, 0.15) is 0 Å². The number of carbonyl (C=O) groups is 4. The lowest BCUT2D eigenvalue weighted by molar-refractivity contribution is -0.192. The quantitative estimate of drug-likeness (QED) is 0.494. The number of carbonyl (C=O) groups excluding carboxylic acids is 3. The molecule has 2 aromatic carbocycles. The Morgan fingerprint density at radius 2 is 1.59 bits per heavy atom. The highest BCUT2D eigenvalue weighted by Gasteiger charge is 2.38. The van der Waals surface area contributed by atoms with Crippen molar-refractivity contribution in [2.45, 2.75) is 32.4 Å². The van der Waals surface area contributed by atoms with E-state index >= 15 is 0 Å². The van der Waals surface area contributed by atoms with Crippen LogP contribution in [0.1, 0.15) is 46.9 Å². The molecule has 0 aromatic heterocycles. The van der Waals surface area contributed by atoms with Crippen LogP contribution < -0.4 is 10.6 Å². The number of hydrogen-bond donors (Lipinski definition) is 3. The summed E-state index contributed by atoms with van der Waals surface area (Å²) in [5.41, 5.74) is 1.53. The first-order valence-electron chi connectivity index (χ1n) is 11.5. The van der Waals surface area contributed by atoms with Crippen molar-refractivity contribution in [1.82, 2.24) is 10.2 Å². The van der Waals surface area contributed by atoms with Gasteiger partial charge in [-0.25, -0.2) is 4.79 Å². The van der Waals surface area contributed by atoms with E-state index in [2.05, 4.69) is 10.6 Å². The van der Waals surface area contributed by atoms with Gasteiger partial charge in [0.25, 0.3) is 11.8 Å². The molecule has 1 aliphatic rings. The molecule has 0 unspecified atom stereocenters. The molecule has 12 heteroatoms. The number of carboxylic acids is 1. The van der Waals surface area contributed by atoms with Gasteiger partial charge in [0.2, 0.25) is 5.91 Å². The van der Waals surface area contributed by atoms with Crippen LogP contribution in [-0.2, 0) is 9.59 Å². The van der Waals surface area contributed by atoms with Gasteiger partial charge in [-0.2, -0.15) is 13.2 Å². The topological polar surface area (TPSA) is 116 Å². The van der Waals surface area contributed by atoms with Crippen molar-refractivity contribution in [1.29, 1.82) is 0 Å². The number of benzene rings is 2. The fourth-order valence-electron chi connectivity index (χ4n) is 3.46. The Morgan fingerprint density at radius 1 is 1.03 bits per heavy atom. The molecule has 8 nitrogen and oxygen atoms in total. The van der Waals surface area contributed by atoms with E-state index in [0.29, 0.717) is 54.3 Å². The number of hydrogen-bond acceptors (Lipinski definition) is 4. The fourth-order valence-corrected chi connectivity index (χ4v) is 3.68. The van der Waals surface area contributed by atoms with Crippen LogP contribution in [0.3, 0.4) is 0 Å². The van der Waals surface area contributed by atoms with E-state index in [1.165, 1.54) is 0 Å². The molecule has 37 heavy (non-hydrogen) atoms. The number of piperidine rings is 1. The molecule has 0 atom stereocenters. The third kappa shape index (κ3) is 9.09. The molecule has 0 radical (unpaired) electrons. The molecule has 1 saturated heterocycles. The van der Waals surface area contributed by atoms with Crippen molar-refractivity contribution in [3.63, 3.8) is 0 Å². The first kappa shape index (κ1) is 29.6. The molecule has 0 aliphatic carbocycles. The Morgan fingerprint density at radius 3 is 2.11 bits per heavy atom. The Balaban J connectivity index is 0.000000604. The molecule has 0 spiro atoms. The summed E-state index contributed by atoms with van der Waals surface area (Å²) < 4.78 is 31.7. The van der Waals surface area contributed by atoms with E-state index in [1.807, 2.05) is 6.92 Å². The second-order valence-corrected chi connectivity index (χ2v) is 8.58. The van der Waals surface area contributed by atoms with Crippen molar-refractivity contribution in [3.8, 4) is 0 Å². The Labute approximate surface area is 216 Å². The first-order chi connectivity index (χ1) is 17.4. The van der Waals surface area contributed by atoms with E-state index in [-0.39, 0.29) is 23.6 Å². The normalized spacial score (nSPS) is 13.7. The van der Waals surface area contributed by atoms with Crippen LogP contribution >= 0.6 is 11.6 Å². The molecule has 0 saturated carbocycles. The number of nitrogens with one attached hydrogen (secondary N) is 2. The zero-order valence-electron chi connectivity index (χ0n) is 20.0. The Bertz CT molecular complexity index is 1100. The number of aliphatic carboxylic acids is 1. The van der Waals surface area contributed by atoms with Crippen LogP contribution in [0.15, 0.2) is 48.5 Å². The minimum absolute atomic E-state index is 0.0250. The lowest BCUT2D eigenvalue weighted by atomic mass is 9.95. The van der Waals surface area contributed by atoms with Crippen molar-refractivity contribution >= 4 is 41.0 Å². The molecule has 1 aliphatic heterocycles. The predicted octanol–water partition coefficient (Wildman–Crippen LogP) is 4.60. The maximum absolute atomic E-state index is 12.8. The average molecular weight is 542 g/mol. The monoisotopic (exact) mass is 541 g/mol. The summed E-state index contributed by atoms with van der Waals surface area (Å²) in [5, 5.41) is 13.2. The van der Waals surface area contributed by atoms with Gasteiger partial charge in [0.05, 0.1) is 10.6 Å². The molecule has 3 rings (SSSR count). The summed E-state index contributed by atoms with van der Waals surface area (Å²) in [4.78, 5) is 47.9. The van der Waals surface area contributed by atoms with Gasteiger partial charge in [-0.15, -0.1) is 0 Å². The zero-order chi connectivity index (χ0) is 27.6. The highest BCUT2D eigenvalue weighted by Crippen LogP contribution is 2.21. The highest BCUT2D eigenvalue weighted by molar-refractivity contribution is 6.34. The van der Waals surface area contributed by atoms with Gasteiger partial charge in [0, 0.05) is 36.8 Å². The van der Waals surface area contributed by atoms with Gasteiger partial charge in [-0.3, -0.25) is 14.4 Å². The third-order valence-corrected chi connectivity index (χ3v) is 5.78. The summed E-state index contributed by atoms with van der Waals surface area (Å²) in [6, 6.07) is 13.6. The van der Waals surface area contributed by atoms with Gasteiger partial charge < -0.3 is 20.6 Å². The number of anilines is 1. The molecule has 200 valence electrons. The Hall–Kier alpha value is -3.60. The minimum atomic E-state index is -5.08. The second kappa shape index (κ2) is 13.6. The molecular weight excluding hydrogens is 515 g/mol. The lowest BCUT2D eigenvalue weighted by Crippen LogP contribution is -2.43. The summed E-state index contributed by atoms with van der Waals surface area (Å²) in [7, 11) is 0. The SMILES string of the molecule is CCCNC(=O)C1CCN(C(=O)c2ccc(NC(=O)c3ccccc3Cl)cc2)CC1.O=C(O)C(F)(F)F. The van der Waals surface area contributed by atoms with Crippen LogP contribution in [0.25, 0.3) is 0 Å². The molecule has 3 N–H and O–H groups in total. The molecule has 2 aromatic rings.